The monoisotopic (exact) mass is 390 g/mol. The Morgan fingerprint density at radius 1 is 1.00 bits per heavy atom. The molecule has 0 saturated carbocycles. The van der Waals surface area contributed by atoms with Crippen molar-refractivity contribution in [3.63, 3.8) is 0 Å². The second-order valence-electron chi connectivity index (χ2n) is 6.00. The first-order chi connectivity index (χ1) is 13.7. The predicted octanol–water partition coefficient (Wildman–Crippen LogP) is 3.93. The van der Waals surface area contributed by atoms with Crippen LogP contribution in [0.2, 0.25) is 0 Å². The Hall–Kier alpha value is -3.59. The van der Waals surface area contributed by atoms with Crippen LogP contribution in [0.1, 0.15) is 16.3 Å². The molecule has 8 nitrogen and oxygen atoms in total. The Bertz CT molecular complexity index is 1090. The second-order valence-corrected chi connectivity index (χ2v) is 6.98. The molecule has 0 aliphatic heterocycles. The molecule has 4 aromatic rings. The lowest BCUT2D eigenvalue weighted by molar-refractivity contribution is 0.767. The topological polar surface area (TPSA) is 92.9 Å². The average molecular weight is 390 g/mol. The van der Waals surface area contributed by atoms with Gasteiger partial charge in [0, 0.05) is 16.3 Å². The van der Waals surface area contributed by atoms with Crippen molar-refractivity contribution in [1.29, 1.82) is 0 Å². The van der Waals surface area contributed by atoms with E-state index in [1.165, 1.54) is 0 Å². The Morgan fingerprint density at radius 2 is 1.82 bits per heavy atom. The number of nitrogens with one attached hydrogen (secondary N) is 2. The molecule has 9 heteroatoms. The van der Waals surface area contributed by atoms with Crippen LogP contribution in [0, 0.1) is 13.8 Å². The molecule has 0 aliphatic carbocycles. The van der Waals surface area contributed by atoms with Gasteiger partial charge in [0.2, 0.25) is 11.9 Å². The molecular weight excluding hydrogens is 372 g/mol. The fourth-order valence-corrected chi connectivity index (χ4v) is 3.15. The number of hydrazone groups is 1. The molecule has 0 spiro atoms. The van der Waals surface area contributed by atoms with Crippen LogP contribution in [0.5, 0.6) is 0 Å². The summed E-state index contributed by atoms with van der Waals surface area (Å²) in [6.07, 6.45) is 1.72. The van der Waals surface area contributed by atoms with Gasteiger partial charge in [0.1, 0.15) is 0 Å². The maximum atomic E-state index is 4.51. The molecule has 4 rings (SSSR count). The highest BCUT2D eigenvalue weighted by atomic mass is 32.1. The third kappa shape index (κ3) is 4.21. The smallest absolute Gasteiger partial charge is 0.257 e. The van der Waals surface area contributed by atoms with Crippen LogP contribution in [0.25, 0.3) is 5.95 Å². The van der Waals surface area contributed by atoms with Crippen molar-refractivity contribution in [2.45, 2.75) is 13.8 Å². The maximum absolute atomic E-state index is 4.51. The molecule has 3 heterocycles. The van der Waals surface area contributed by atoms with Gasteiger partial charge in [0.05, 0.1) is 11.9 Å². The van der Waals surface area contributed by atoms with Gasteiger partial charge in [-0.3, -0.25) is 0 Å². The molecule has 3 aromatic heterocycles. The number of aromatic nitrogens is 5. The van der Waals surface area contributed by atoms with Gasteiger partial charge in [-0.25, -0.2) is 10.1 Å². The Morgan fingerprint density at radius 3 is 2.54 bits per heavy atom. The van der Waals surface area contributed by atoms with Crippen molar-refractivity contribution in [3.05, 3.63) is 70.2 Å². The Kier molecular flexibility index (Phi) is 5.07. The van der Waals surface area contributed by atoms with Gasteiger partial charge in [-0.1, -0.05) is 24.3 Å². The minimum atomic E-state index is 0.323. The molecule has 140 valence electrons. The van der Waals surface area contributed by atoms with Gasteiger partial charge < -0.3 is 5.32 Å². The van der Waals surface area contributed by atoms with Gasteiger partial charge in [-0.2, -0.15) is 25.2 Å². The predicted molar refractivity (Wildman–Crippen MR) is 112 cm³/mol. The summed E-state index contributed by atoms with van der Waals surface area (Å²) in [6, 6.07) is 15.6. The number of hydrogen-bond donors (Lipinski definition) is 2. The van der Waals surface area contributed by atoms with Crippen molar-refractivity contribution in [2.75, 3.05) is 10.7 Å². The number of hydrogen-bond acceptors (Lipinski definition) is 8. The summed E-state index contributed by atoms with van der Waals surface area (Å²) >= 11 is 1.60. The van der Waals surface area contributed by atoms with E-state index in [2.05, 4.69) is 35.9 Å². The van der Waals surface area contributed by atoms with Gasteiger partial charge in [0.15, 0.2) is 0 Å². The Balaban J connectivity index is 1.66. The summed E-state index contributed by atoms with van der Waals surface area (Å²) in [5, 5.41) is 13.9. The molecule has 0 bridgehead atoms. The maximum Gasteiger partial charge on any atom is 0.257 e. The first-order valence-corrected chi connectivity index (χ1v) is 9.50. The third-order valence-electron chi connectivity index (χ3n) is 3.75. The number of para-hydroxylation sites is 1. The zero-order chi connectivity index (χ0) is 19.3. The molecule has 0 aliphatic rings. The molecule has 1 aromatic carbocycles. The first kappa shape index (κ1) is 17.8. The summed E-state index contributed by atoms with van der Waals surface area (Å²) in [4.78, 5) is 14.4. The molecule has 0 amide bonds. The highest BCUT2D eigenvalue weighted by Gasteiger charge is 2.12. The van der Waals surface area contributed by atoms with E-state index in [9.17, 15) is 0 Å². The highest BCUT2D eigenvalue weighted by Crippen LogP contribution is 2.16. The van der Waals surface area contributed by atoms with E-state index in [4.69, 9.17) is 0 Å². The van der Waals surface area contributed by atoms with Crippen LogP contribution < -0.4 is 10.7 Å². The molecule has 2 N–H and O–H groups in total. The summed E-state index contributed by atoms with van der Waals surface area (Å²) in [5.41, 5.74) is 5.58. The summed E-state index contributed by atoms with van der Waals surface area (Å²) in [5.74, 6) is 1.13. The zero-order valence-electron chi connectivity index (χ0n) is 15.4. The Labute approximate surface area is 166 Å². The summed E-state index contributed by atoms with van der Waals surface area (Å²) < 4.78 is 1.68. The fourth-order valence-electron chi connectivity index (χ4n) is 2.57. The molecule has 0 unspecified atom stereocenters. The van der Waals surface area contributed by atoms with Crippen molar-refractivity contribution < 1.29 is 0 Å². The number of benzene rings is 1. The van der Waals surface area contributed by atoms with E-state index in [0.29, 0.717) is 17.8 Å². The number of anilines is 3. The van der Waals surface area contributed by atoms with Crippen LogP contribution in [0.4, 0.5) is 17.6 Å². The summed E-state index contributed by atoms with van der Waals surface area (Å²) in [7, 11) is 0. The van der Waals surface area contributed by atoms with Crippen LogP contribution in [0.15, 0.2) is 59.0 Å². The van der Waals surface area contributed by atoms with Gasteiger partial charge in [-0.05, 0) is 43.5 Å². The number of thiophene rings is 1. The number of aryl methyl sites for hydroxylation is 2. The van der Waals surface area contributed by atoms with Gasteiger partial charge >= 0.3 is 0 Å². The zero-order valence-corrected chi connectivity index (χ0v) is 16.2. The SMILES string of the molecule is Cc1cc(C)n(-c2nc(N/N=C/c3cccs3)nc(Nc3ccccc3)n2)n1. The number of nitrogens with zero attached hydrogens (tertiary/aromatic N) is 6. The fraction of sp³-hybridized carbons (Fsp3) is 0.105. The largest absolute Gasteiger partial charge is 0.324 e. The van der Waals surface area contributed by atoms with E-state index in [1.54, 1.807) is 22.2 Å². The average Bonchev–Trinajstić information content (AvgIpc) is 3.31. The van der Waals surface area contributed by atoms with Crippen molar-refractivity contribution >= 4 is 35.1 Å². The minimum Gasteiger partial charge on any atom is -0.324 e. The van der Waals surface area contributed by atoms with Crippen LogP contribution >= 0.6 is 11.3 Å². The van der Waals surface area contributed by atoms with Crippen molar-refractivity contribution in [3.8, 4) is 5.95 Å². The van der Waals surface area contributed by atoms with Crippen LogP contribution in [-0.4, -0.2) is 30.9 Å². The van der Waals surface area contributed by atoms with E-state index >= 15 is 0 Å². The van der Waals surface area contributed by atoms with Gasteiger partial charge in [-0.15, -0.1) is 11.3 Å². The van der Waals surface area contributed by atoms with E-state index in [1.807, 2.05) is 67.8 Å². The normalized spacial score (nSPS) is 11.1. The van der Waals surface area contributed by atoms with Gasteiger partial charge in [0.25, 0.3) is 5.95 Å². The molecule has 28 heavy (non-hydrogen) atoms. The van der Waals surface area contributed by atoms with E-state index < -0.39 is 0 Å². The van der Waals surface area contributed by atoms with E-state index in [0.717, 1.165) is 22.0 Å². The molecule has 0 atom stereocenters. The first-order valence-electron chi connectivity index (χ1n) is 8.62. The summed E-state index contributed by atoms with van der Waals surface area (Å²) in [6.45, 7) is 3.88. The molecular formula is C19H18N8S. The lowest BCUT2D eigenvalue weighted by Crippen LogP contribution is -2.11. The highest BCUT2D eigenvalue weighted by molar-refractivity contribution is 7.11. The van der Waals surface area contributed by atoms with Crippen LogP contribution in [0.3, 0.4) is 0 Å². The quantitative estimate of drug-likeness (QED) is 0.383. The van der Waals surface area contributed by atoms with E-state index in [-0.39, 0.29) is 0 Å². The van der Waals surface area contributed by atoms with Crippen molar-refractivity contribution in [2.24, 2.45) is 5.10 Å². The molecule has 0 fully saturated rings. The van der Waals surface area contributed by atoms with Crippen molar-refractivity contribution in [1.82, 2.24) is 24.7 Å². The lowest BCUT2D eigenvalue weighted by atomic mass is 10.3. The lowest BCUT2D eigenvalue weighted by Gasteiger charge is -2.09. The third-order valence-corrected chi connectivity index (χ3v) is 4.56. The second kappa shape index (κ2) is 7.97. The molecule has 0 radical (unpaired) electrons. The minimum absolute atomic E-state index is 0.323. The number of rotatable bonds is 6. The molecule has 0 saturated heterocycles. The standard InChI is InChI=1S/C19H18N8S/c1-13-11-14(2)27(26-13)19-23-17(21-15-7-4-3-5-8-15)22-18(24-19)25-20-12-16-9-6-10-28-16/h3-12H,1-2H3,(H2,21,22,23,24,25)/b20-12+. The van der Waals surface area contributed by atoms with Crippen LogP contribution in [-0.2, 0) is 0 Å².